The number of hydrogen-bond acceptors (Lipinski definition) is 2. The minimum absolute atomic E-state index is 0. The Morgan fingerprint density at radius 1 is 1.16 bits per heavy atom. The van der Waals surface area contributed by atoms with E-state index in [1.807, 2.05) is 43.3 Å². The fraction of sp³-hybridized carbons (Fsp3) is 0.316. The van der Waals surface area contributed by atoms with Crippen LogP contribution in [-0.4, -0.2) is 25.0 Å². The molecule has 4 nitrogen and oxygen atoms in total. The molecule has 0 spiro atoms. The van der Waals surface area contributed by atoms with Crippen LogP contribution in [0, 0.1) is 5.82 Å². The van der Waals surface area contributed by atoms with E-state index < -0.39 is 0 Å². The number of anilines is 1. The number of rotatable bonds is 6. The number of nitrogens with one attached hydrogen (secondary N) is 1. The molecule has 0 saturated carbocycles. The Morgan fingerprint density at radius 3 is 2.56 bits per heavy atom. The lowest BCUT2D eigenvalue weighted by Crippen LogP contribution is -2.22. The SMILES string of the molecule is CCc1cccc(NC(N)=NCc2ccc(CN(C)C)c(F)c2)c1.I. The predicted molar refractivity (Wildman–Crippen MR) is 114 cm³/mol. The van der Waals surface area contributed by atoms with Crippen molar-refractivity contribution in [3.8, 4) is 0 Å². The lowest BCUT2D eigenvalue weighted by Gasteiger charge is -2.11. The molecular weight excluding hydrogens is 430 g/mol. The van der Waals surface area contributed by atoms with Gasteiger partial charge in [-0.1, -0.05) is 31.2 Å². The van der Waals surface area contributed by atoms with Gasteiger partial charge >= 0.3 is 0 Å². The summed E-state index contributed by atoms with van der Waals surface area (Å²) in [7, 11) is 3.83. The Kier molecular flexibility index (Phi) is 8.85. The monoisotopic (exact) mass is 456 g/mol. The minimum Gasteiger partial charge on any atom is -0.370 e. The van der Waals surface area contributed by atoms with Gasteiger partial charge in [0.15, 0.2) is 5.96 Å². The van der Waals surface area contributed by atoms with E-state index in [1.165, 1.54) is 11.6 Å². The Hall–Kier alpha value is -1.67. The molecule has 0 aromatic heterocycles. The maximum atomic E-state index is 14.0. The van der Waals surface area contributed by atoms with Crippen LogP contribution in [-0.2, 0) is 19.5 Å². The molecule has 136 valence electrons. The maximum absolute atomic E-state index is 14.0. The van der Waals surface area contributed by atoms with Crippen molar-refractivity contribution in [1.82, 2.24) is 4.90 Å². The highest BCUT2D eigenvalue weighted by Gasteiger charge is 2.05. The zero-order valence-corrected chi connectivity index (χ0v) is 17.3. The zero-order valence-electron chi connectivity index (χ0n) is 14.9. The first-order valence-corrected chi connectivity index (χ1v) is 8.06. The van der Waals surface area contributed by atoms with Crippen LogP contribution in [0.4, 0.5) is 10.1 Å². The number of guanidine groups is 1. The van der Waals surface area contributed by atoms with Gasteiger partial charge in [0.1, 0.15) is 5.82 Å². The van der Waals surface area contributed by atoms with Crippen molar-refractivity contribution in [1.29, 1.82) is 0 Å². The third-order valence-corrected chi connectivity index (χ3v) is 3.64. The molecule has 0 aliphatic heterocycles. The van der Waals surface area contributed by atoms with Crippen molar-refractivity contribution in [2.75, 3.05) is 19.4 Å². The van der Waals surface area contributed by atoms with Gasteiger partial charge in [-0.25, -0.2) is 9.38 Å². The highest BCUT2D eigenvalue weighted by atomic mass is 127. The van der Waals surface area contributed by atoms with E-state index in [4.69, 9.17) is 5.73 Å². The van der Waals surface area contributed by atoms with Crippen molar-refractivity contribution < 1.29 is 4.39 Å². The van der Waals surface area contributed by atoms with Crippen LogP contribution in [0.2, 0.25) is 0 Å². The summed E-state index contributed by atoms with van der Waals surface area (Å²) >= 11 is 0. The Labute approximate surface area is 166 Å². The number of halogens is 2. The Morgan fingerprint density at radius 2 is 1.92 bits per heavy atom. The quantitative estimate of drug-likeness (QED) is 0.393. The molecule has 6 heteroatoms. The van der Waals surface area contributed by atoms with Crippen molar-refractivity contribution in [3.63, 3.8) is 0 Å². The smallest absolute Gasteiger partial charge is 0.193 e. The molecule has 0 heterocycles. The Bertz CT molecular complexity index is 716. The van der Waals surface area contributed by atoms with Crippen molar-refractivity contribution in [2.24, 2.45) is 10.7 Å². The molecule has 0 atom stereocenters. The van der Waals surface area contributed by atoms with E-state index in [9.17, 15) is 4.39 Å². The van der Waals surface area contributed by atoms with Crippen LogP contribution in [0.15, 0.2) is 47.5 Å². The third-order valence-electron chi connectivity index (χ3n) is 3.64. The molecule has 0 unspecified atom stereocenters. The van der Waals surface area contributed by atoms with E-state index in [0.717, 1.165) is 17.7 Å². The summed E-state index contributed by atoms with van der Waals surface area (Å²) in [6.45, 7) is 3.02. The molecule has 0 fully saturated rings. The average Bonchev–Trinajstić information content (AvgIpc) is 2.55. The summed E-state index contributed by atoms with van der Waals surface area (Å²) in [4.78, 5) is 6.22. The van der Waals surface area contributed by atoms with Crippen LogP contribution in [0.1, 0.15) is 23.6 Å². The highest BCUT2D eigenvalue weighted by molar-refractivity contribution is 14.0. The van der Waals surface area contributed by atoms with Gasteiger partial charge in [-0.15, -0.1) is 24.0 Å². The highest BCUT2D eigenvalue weighted by Crippen LogP contribution is 2.13. The molecule has 0 saturated heterocycles. The fourth-order valence-corrected chi connectivity index (χ4v) is 2.39. The van der Waals surface area contributed by atoms with Gasteiger partial charge in [-0.3, -0.25) is 0 Å². The van der Waals surface area contributed by atoms with E-state index in [1.54, 1.807) is 6.07 Å². The van der Waals surface area contributed by atoms with Crippen LogP contribution < -0.4 is 11.1 Å². The normalized spacial score (nSPS) is 11.3. The van der Waals surface area contributed by atoms with Crippen molar-refractivity contribution in [3.05, 3.63) is 65.0 Å². The van der Waals surface area contributed by atoms with Gasteiger partial charge in [0, 0.05) is 17.8 Å². The molecule has 25 heavy (non-hydrogen) atoms. The Balaban J connectivity index is 0.00000312. The van der Waals surface area contributed by atoms with Gasteiger partial charge in [0.2, 0.25) is 0 Å². The van der Waals surface area contributed by atoms with E-state index in [-0.39, 0.29) is 29.8 Å². The number of aryl methyl sites for hydroxylation is 1. The molecule has 0 amide bonds. The topological polar surface area (TPSA) is 53.6 Å². The first-order valence-electron chi connectivity index (χ1n) is 8.06. The van der Waals surface area contributed by atoms with Crippen LogP contribution in [0.25, 0.3) is 0 Å². The number of hydrogen-bond donors (Lipinski definition) is 2. The predicted octanol–water partition coefficient (Wildman–Crippen LogP) is 3.99. The van der Waals surface area contributed by atoms with Crippen LogP contribution in [0.3, 0.4) is 0 Å². The van der Waals surface area contributed by atoms with Crippen molar-refractivity contribution >= 4 is 35.6 Å². The molecule has 3 N–H and O–H groups in total. The second-order valence-electron chi connectivity index (χ2n) is 6.04. The summed E-state index contributed by atoms with van der Waals surface area (Å²) in [5.41, 5.74) is 9.52. The maximum Gasteiger partial charge on any atom is 0.193 e. The van der Waals surface area contributed by atoms with Gasteiger partial charge in [-0.05, 0) is 49.8 Å². The number of benzene rings is 2. The zero-order chi connectivity index (χ0) is 17.5. The van der Waals surface area contributed by atoms with Crippen LogP contribution in [0.5, 0.6) is 0 Å². The van der Waals surface area contributed by atoms with Crippen LogP contribution >= 0.6 is 24.0 Å². The van der Waals surface area contributed by atoms with Gasteiger partial charge < -0.3 is 16.0 Å². The molecule has 0 aliphatic carbocycles. The second-order valence-corrected chi connectivity index (χ2v) is 6.04. The van der Waals surface area contributed by atoms with Crippen molar-refractivity contribution in [2.45, 2.75) is 26.4 Å². The number of nitrogens with two attached hydrogens (primary N) is 1. The molecule has 2 aromatic rings. The summed E-state index contributed by atoms with van der Waals surface area (Å²) in [6, 6.07) is 13.2. The lowest BCUT2D eigenvalue weighted by atomic mass is 10.1. The van der Waals surface area contributed by atoms with Gasteiger partial charge in [0.05, 0.1) is 6.54 Å². The largest absolute Gasteiger partial charge is 0.370 e. The minimum atomic E-state index is -0.210. The molecule has 0 bridgehead atoms. The summed E-state index contributed by atoms with van der Waals surface area (Å²) in [6.07, 6.45) is 0.963. The summed E-state index contributed by atoms with van der Waals surface area (Å²) in [5.74, 6) is 0.111. The van der Waals surface area contributed by atoms with E-state index in [0.29, 0.717) is 24.6 Å². The van der Waals surface area contributed by atoms with E-state index >= 15 is 0 Å². The number of nitrogens with zero attached hydrogens (tertiary/aromatic N) is 2. The fourth-order valence-electron chi connectivity index (χ4n) is 2.39. The molecule has 2 aromatic carbocycles. The average molecular weight is 456 g/mol. The standard InChI is InChI=1S/C19H25FN4.HI/c1-4-14-6-5-7-17(10-14)23-19(21)22-12-15-8-9-16(13-24(2)3)18(20)11-15;/h5-11H,4,12-13H2,1-3H3,(H3,21,22,23);1H. The first-order chi connectivity index (χ1) is 11.5. The third kappa shape index (κ3) is 6.99. The molecule has 2 rings (SSSR count). The van der Waals surface area contributed by atoms with E-state index in [2.05, 4.69) is 23.3 Å². The molecule has 0 radical (unpaired) electrons. The second kappa shape index (κ2) is 10.4. The van der Waals surface area contributed by atoms with Gasteiger partial charge in [0.25, 0.3) is 0 Å². The molecule has 0 aliphatic rings. The lowest BCUT2D eigenvalue weighted by molar-refractivity contribution is 0.392. The number of aliphatic imine (C=N–C) groups is 1. The first kappa shape index (κ1) is 21.4. The molecular formula is C19H26FIN4. The summed E-state index contributed by atoms with van der Waals surface area (Å²) in [5, 5.41) is 3.07. The summed E-state index contributed by atoms with van der Waals surface area (Å²) < 4.78 is 14.0. The van der Waals surface area contributed by atoms with Gasteiger partial charge in [-0.2, -0.15) is 0 Å².